The first-order valence-corrected chi connectivity index (χ1v) is 8.40. The van der Waals surface area contributed by atoms with E-state index in [4.69, 9.17) is 4.74 Å². The maximum atomic E-state index is 11.5. The van der Waals surface area contributed by atoms with Crippen LogP contribution in [0.4, 0.5) is 0 Å². The van der Waals surface area contributed by atoms with Gasteiger partial charge in [-0.1, -0.05) is 30.3 Å². The first kappa shape index (κ1) is 13.9. The Hall–Kier alpha value is -2.08. The van der Waals surface area contributed by atoms with Gasteiger partial charge in [-0.3, -0.25) is 0 Å². The fourth-order valence-electron chi connectivity index (χ4n) is 2.60. The molecule has 1 atom stereocenters. The molecule has 1 fully saturated rings. The van der Waals surface area contributed by atoms with Gasteiger partial charge in [-0.05, 0) is 23.3 Å². The zero-order chi connectivity index (χ0) is 15.0. The number of benzene rings is 2. The van der Waals surface area contributed by atoms with Crippen molar-refractivity contribution in [2.45, 2.75) is 12.5 Å². The number of sulfone groups is 1. The van der Waals surface area contributed by atoms with Crippen molar-refractivity contribution in [3.05, 3.63) is 42.0 Å². The molecular weight excluding hydrogens is 292 g/mol. The smallest absolute Gasteiger partial charge is 0.340 e. The van der Waals surface area contributed by atoms with Gasteiger partial charge in [0.05, 0.1) is 11.5 Å². The summed E-state index contributed by atoms with van der Waals surface area (Å²) in [6.07, 6.45) is -0.0805. The molecule has 0 amide bonds. The summed E-state index contributed by atoms with van der Waals surface area (Å²) in [7, 11) is -3.06. The molecule has 110 valence electrons. The second kappa shape index (κ2) is 5.04. The molecular formula is C15H14O5S. The SMILES string of the molecule is O=C(O)c1c(OC2CCS(=O)(=O)C2)ccc2ccccc12. The molecule has 1 aliphatic rings. The minimum Gasteiger partial charge on any atom is -0.488 e. The van der Waals surface area contributed by atoms with Crippen molar-refractivity contribution in [1.29, 1.82) is 0 Å². The second-order valence-electron chi connectivity index (χ2n) is 5.11. The molecule has 1 saturated heterocycles. The lowest BCUT2D eigenvalue weighted by Crippen LogP contribution is -2.19. The first-order valence-electron chi connectivity index (χ1n) is 6.58. The molecule has 3 rings (SSSR count). The van der Waals surface area contributed by atoms with Gasteiger partial charge in [0, 0.05) is 0 Å². The Balaban J connectivity index is 2.02. The number of ether oxygens (including phenoxy) is 1. The topological polar surface area (TPSA) is 80.7 Å². The van der Waals surface area contributed by atoms with Crippen molar-refractivity contribution < 1.29 is 23.1 Å². The maximum Gasteiger partial charge on any atom is 0.340 e. The van der Waals surface area contributed by atoms with E-state index in [1.54, 1.807) is 24.3 Å². The quantitative estimate of drug-likeness (QED) is 0.939. The molecule has 0 spiro atoms. The maximum absolute atomic E-state index is 11.5. The van der Waals surface area contributed by atoms with Gasteiger partial charge >= 0.3 is 5.97 Å². The Morgan fingerprint density at radius 2 is 1.95 bits per heavy atom. The molecule has 2 aromatic carbocycles. The van der Waals surface area contributed by atoms with Crippen LogP contribution in [-0.4, -0.2) is 37.1 Å². The van der Waals surface area contributed by atoms with Crippen LogP contribution in [-0.2, 0) is 9.84 Å². The number of carbonyl (C=O) groups is 1. The van der Waals surface area contributed by atoms with E-state index >= 15 is 0 Å². The largest absolute Gasteiger partial charge is 0.488 e. The number of aromatic carboxylic acids is 1. The normalized spacial score (nSPS) is 20.5. The monoisotopic (exact) mass is 306 g/mol. The van der Waals surface area contributed by atoms with Crippen LogP contribution in [0.1, 0.15) is 16.8 Å². The minimum atomic E-state index is -3.06. The molecule has 0 bridgehead atoms. The summed E-state index contributed by atoms with van der Waals surface area (Å²) >= 11 is 0. The Labute approximate surface area is 122 Å². The summed E-state index contributed by atoms with van der Waals surface area (Å²) in [5.41, 5.74) is 0.0809. The van der Waals surface area contributed by atoms with Gasteiger partial charge in [0.2, 0.25) is 0 Å². The van der Waals surface area contributed by atoms with Gasteiger partial charge in [-0.2, -0.15) is 0 Å². The number of rotatable bonds is 3. The Morgan fingerprint density at radius 3 is 2.62 bits per heavy atom. The molecule has 0 aliphatic carbocycles. The summed E-state index contributed by atoms with van der Waals surface area (Å²) in [5, 5.41) is 10.8. The summed E-state index contributed by atoms with van der Waals surface area (Å²) in [4.78, 5) is 11.5. The lowest BCUT2D eigenvalue weighted by atomic mass is 10.0. The molecule has 1 heterocycles. The highest BCUT2D eigenvalue weighted by Gasteiger charge is 2.30. The summed E-state index contributed by atoms with van der Waals surface area (Å²) in [6.45, 7) is 0. The molecule has 1 unspecified atom stereocenters. The molecule has 2 aromatic rings. The number of carboxylic acid groups (broad SMARTS) is 1. The Morgan fingerprint density at radius 1 is 1.19 bits per heavy atom. The molecule has 0 aromatic heterocycles. The van der Waals surface area contributed by atoms with Gasteiger partial charge in [-0.15, -0.1) is 0 Å². The third kappa shape index (κ3) is 2.71. The third-order valence-electron chi connectivity index (χ3n) is 3.59. The highest BCUT2D eigenvalue weighted by Crippen LogP contribution is 2.30. The number of hydrogen-bond acceptors (Lipinski definition) is 4. The van der Waals surface area contributed by atoms with Crippen LogP contribution in [0.5, 0.6) is 5.75 Å². The molecule has 0 saturated carbocycles. The van der Waals surface area contributed by atoms with E-state index in [0.717, 1.165) is 5.39 Å². The van der Waals surface area contributed by atoms with Crippen LogP contribution in [0.25, 0.3) is 10.8 Å². The van der Waals surface area contributed by atoms with Gasteiger partial charge in [0.15, 0.2) is 9.84 Å². The molecule has 1 aliphatic heterocycles. The van der Waals surface area contributed by atoms with Crippen molar-refractivity contribution >= 4 is 26.6 Å². The van der Waals surface area contributed by atoms with Crippen LogP contribution in [0, 0.1) is 0 Å². The minimum absolute atomic E-state index is 0.0567. The van der Waals surface area contributed by atoms with Gasteiger partial charge < -0.3 is 9.84 Å². The molecule has 1 N–H and O–H groups in total. The number of fused-ring (bicyclic) bond motifs is 1. The molecule has 0 radical (unpaired) electrons. The van der Waals surface area contributed by atoms with E-state index in [2.05, 4.69) is 0 Å². The predicted molar refractivity (Wildman–Crippen MR) is 78.6 cm³/mol. The van der Waals surface area contributed by atoms with Crippen LogP contribution in [0.15, 0.2) is 36.4 Å². The van der Waals surface area contributed by atoms with Crippen molar-refractivity contribution in [1.82, 2.24) is 0 Å². The number of carboxylic acids is 1. The highest BCUT2D eigenvalue weighted by molar-refractivity contribution is 7.91. The van der Waals surface area contributed by atoms with Crippen molar-refractivity contribution in [2.24, 2.45) is 0 Å². The van der Waals surface area contributed by atoms with E-state index in [9.17, 15) is 18.3 Å². The summed E-state index contributed by atoms with van der Waals surface area (Å²) in [5.74, 6) is -0.821. The van der Waals surface area contributed by atoms with E-state index < -0.39 is 21.9 Å². The molecule has 5 nitrogen and oxygen atoms in total. The summed E-state index contributed by atoms with van der Waals surface area (Å²) in [6, 6.07) is 10.5. The Kier molecular flexibility index (Phi) is 3.33. The van der Waals surface area contributed by atoms with Crippen LogP contribution in [0.2, 0.25) is 0 Å². The van der Waals surface area contributed by atoms with Gasteiger partial charge in [0.25, 0.3) is 0 Å². The third-order valence-corrected chi connectivity index (χ3v) is 5.33. The highest BCUT2D eigenvalue weighted by atomic mass is 32.2. The van der Waals surface area contributed by atoms with Crippen LogP contribution in [0.3, 0.4) is 0 Å². The predicted octanol–water partition coefficient (Wildman–Crippen LogP) is 2.10. The lowest BCUT2D eigenvalue weighted by molar-refractivity contribution is 0.0692. The number of hydrogen-bond donors (Lipinski definition) is 1. The van der Waals surface area contributed by atoms with Crippen LogP contribution < -0.4 is 4.74 Å². The fraction of sp³-hybridized carbons (Fsp3) is 0.267. The van der Waals surface area contributed by atoms with Crippen LogP contribution >= 0.6 is 0 Å². The standard InChI is InChI=1S/C15H14O5S/c16-15(17)14-12-4-2-1-3-10(12)5-6-13(14)20-11-7-8-21(18,19)9-11/h1-6,11H,7-9H2,(H,16,17). The average molecular weight is 306 g/mol. The van der Waals surface area contributed by atoms with E-state index in [-0.39, 0.29) is 22.8 Å². The zero-order valence-electron chi connectivity index (χ0n) is 11.2. The molecule has 21 heavy (non-hydrogen) atoms. The Bertz CT molecular complexity index is 810. The van der Waals surface area contributed by atoms with E-state index in [1.165, 1.54) is 0 Å². The van der Waals surface area contributed by atoms with Crippen molar-refractivity contribution in [2.75, 3.05) is 11.5 Å². The summed E-state index contributed by atoms with van der Waals surface area (Å²) < 4.78 is 28.6. The lowest BCUT2D eigenvalue weighted by Gasteiger charge is -2.15. The van der Waals surface area contributed by atoms with E-state index in [0.29, 0.717) is 11.8 Å². The zero-order valence-corrected chi connectivity index (χ0v) is 12.0. The van der Waals surface area contributed by atoms with Crippen molar-refractivity contribution in [3.8, 4) is 5.75 Å². The van der Waals surface area contributed by atoms with Gasteiger partial charge in [-0.25, -0.2) is 13.2 Å². The van der Waals surface area contributed by atoms with Crippen molar-refractivity contribution in [3.63, 3.8) is 0 Å². The second-order valence-corrected chi connectivity index (χ2v) is 7.34. The van der Waals surface area contributed by atoms with E-state index in [1.807, 2.05) is 12.1 Å². The molecule has 6 heteroatoms. The van der Waals surface area contributed by atoms with Gasteiger partial charge in [0.1, 0.15) is 17.4 Å². The first-order chi connectivity index (χ1) is 9.96. The fourth-order valence-corrected chi connectivity index (χ4v) is 4.19. The average Bonchev–Trinajstić information content (AvgIpc) is 2.77.